The van der Waals surface area contributed by atoms with Crippen LogP contribution < -0.4 is 5.32 Å². The Morgan fingerprint density at radius 2 is 1.93 bits per heavy atom. The van der Waals surface area contributed by atoms with Crippen molar-refractivity contribution in [1.82, 2.24) is 19.2 Å². The number of aromatic nitrogens is 2. The zero-order valence-electron chi connectivity index (χ0n) is 17.2. The van der Waals surface area contributed by atoms with Crippen LogP contribution in [-0.4, -0.2) is 48.0 Å². The largest absolute Gasteiger partial charge is 0.339 e. The van der Waals surface area contributed by atoms with Crippen molar-refractivity contribution in [2.75, 3.05) is 19.6 Å². The molecule has 1 aliphatic heterocycles. The lowest BCUT2D eigenvalue weighted by molar-refractivity contribution is 0.329. The first-order chi connectivity index (χ1) is 13.3. The summed E-state index contributed by atoms with van der Waals surface area (Å²) in [5, 5.41) is 3.81. The fraction of sp³-hybridized carbons (Fsp3) is 0.571. The van der Waals surface area contributed by atoms with Gasteiger partial charge in [0.1, 0.15) is 0 Å². The van der Waals surface area contributed by atoms with E-state index in [1.807, 2.05) is 18.2 Å². The summed E-state index contributed by atoms with van der Waals surface area (Å²) >= 11 is 0. The van der Waals surface area contributed by atoms with Gasteiger partial charge in [0, 0.05) is 38.3 Å². The van der Waals surface area contributed by atoms with Crippen LogP contribution in [0.15, 0.2) is 47.9 Å². The van der Waals surface area contributed by atoms with Gasteiger partial charge in [-0.2, -0.15) is 4.31 Å². The van der Waals surface area contributed by atoms with E-state index in [1.54, 1.807) is 22.1 Å². The van der Waals surface area contributed by atoms with Crippen molar-refractivity contribution in [1.29, 1.82) is 0 Å². The molecule has 28 heavy (non-hydrogen) atoms. The lowest BCUT2D eigenvalue weighted by Crippen LogP contribution is -2.40. The van der Waals surface area contributed by atoms with E-state index in [9.17, 15) is 8.42 Å². The Bertz CT molecular complexity index is 864. The van der Waals surface area contributed by atoms with Crippen molar-refractivity contribution >= 4 is 10.0 Å². The van der Waals surface area contributed by atoms with E-state index in [4.69, 9.17) is 0 Å². The summed E-state index contributed by atoms with van der Waals surface area (Å²) in [5.74, 6) is 1.31. The topological polar surface area (TPSA) is 67.2 Å². The fourth-order valence-electron chi connectivity index (χ4n) is 4.02. The number of benzene rings is 1. The number of nitrogens with one attached hydrogen (secondary N) is 1. The van der Waals surface area contributed by atoms with Crippen molar-refractivity contribution in [3.63, 3.8) is 0 Å². The van der Waals surface area contributed by atoms with Crippen molar-refractivity contribution in [2.24, 2.45) is 18.9 Å². The van der Waals surface area contributed by atoms with Crippen molar-refractivity contribution in [3.8, 4) is 0 Å². The van der Waals surface area contributed by atoms with Crippen LogP contribution >= 0.6 is 0 Å². The average Bonchev–Trinajstić information content (AvgIpc) is 3.30. The molecule has 1 N–H and O–H groups in total. The van der Waals surface area contributed by atoms with Crippen LogP contribution in [0.3, 0.4) is 0 Å². The van der Waals surface area contributed by atoms with Crippen LogP contribution in [0.4, 0.5) is 0 Å². The summed E-state index contributed by atoms with van der Waals surface area (Å²) in [6.07, 6.45) is 4.21. The van der Waals surface area contributed by atoms with Crippen LogP contribution in [0.5, 0.6) is 0 Å². The molecule has 2 heterocycles. The number of nitrogens with zero attached hydrogens (tertiary/aromatic N) is 3. The third-order valence-electron chi connectivity index (χ3n) is 5.91. The molecule has 2 aromatic rings. The highest BCUT2D eigenvalue weighted by molar-refractivity contribution is 7.89. The highest BCUT2D eigenvalue weighted by atomic mass is 32.2. The number of aryl methyl sites for hydroxylation is 1. The maximum atomic E-state index is 13.1. The standard InChI is InChI=1S/C21H32N4O2S/c1-5-17(16(2)3)11-22-20-13-25(12-19(20)18-9-7-6-8-10-18)28(26,27)21-14-24(4)15-23-21/h6-10,14-17,19-20,22H,5,11-13H2,1-4H3/t17?,19-,20+/m1/s1. The molecule has 1 saturated heterocycles. The summed E-state index contributed by atoms with van der Waals surface area (Å²) in [6, 6.07) is 10.3. The van der Waals surface area contributed by atoms with E-state index < -0.39 is 10.0 Å². The minimum atomic E-state index is -3.59. The lowest BCUT2D eigenvalue weighted by Gasteiger charge is -2.25. The fourth-order valence-corrected chi connectivity index (χ4v) is 5.48. The molecule has 6 nitrogen and oxygen atoms in total. The third kappa shape index (κ3) is 4.47. The summed E-state index contributed by atoms with van der Waals surface area (Å²) in [6.45, 7) is 8.55. The molecular weight excluding hydrogens is 372 g/mol. The summed E-state index contributed by atoms with van der Waals surface area (Å²) in [4.78, 5) is 4.08. The smallest absolute Gasteiger partial charge is 0.262 e. The van der Waals surface area contributed by atoms with Gasteiger partial charge in [-0.25, -0.2) is 13.4 Å². The number of imidazole rings is 1. The van der Waals surface area contributed by atoms with E-state index in [-0.39, 0.29) is 17.0 Å². The van der Waals surface area contributed by atoms with Gasteiger partial charge in [-0.3, -0.25) is 0 Å². The van der Waals surface area contributed by atoms with Gasteiger partial charge in [-0.05, 0) is 23.9 Å². The first-order valence-corrected chi connectivity index (χ1v) is 11.5. The van der Waals surface area contributed by atoms with Crippen LogP contribution in [-0.2, 0) is 17.1 Å². The molecule has 3 rings (SSSR count). The van der Waals surface area contributed by atoms with Crippen molar-refractivity contribution in [2.45, 2.75) is 44.2 Å². The number of hydrogen-bond acceptors (Lipinski definition) is 4. The Kier molecular flexibility index (Phi) is 6.58. The SMILES string of the molecule is CCC(CN[C@H]1CN(S(=O)(=O)c2cn(C)cn2)C[C@@H]1c1ccccc1)C(C)C. The van der Waals surface area contributed by atoms with E-state index in [1.165, 1.54) is 11.9 Å². The summed E-state index contributed by atoms with van der Waals surface area (Å²) in [7, 11) is -1.81. The minimum Gasteiger partial charge on any atom is -0.339 e. The lowest BCUT2D eigenvalue weighted by atomic mass is 9.91. The Morgan fingerprint density at radius 1 is 1.21 bits per heavy atom. The van der Waals surface area contributed by atoms with Gasteiger partial charge in [0.15, 0.2) is 5.03 Å². The molecule has 1 aromatic carbocycles. The van der Waals surface area contributed by atoms with Gasteiger partial charge in [0.2, 0.25) is 0 Å². The highest BCUT2D eigenvalue weighted by Crippen LogP contribution is 2.31. The molecule has 1 aromatic heterocycles. The zero-order valence-corrected chi connectivity index (χ0v) is 18.1. The molecule has 0 bridgehead atoms. The van der Waals surface area contributed by atoms with E-state index in [0.717, 1.165) is 13.0 Å². The Morgan fingerprint density at radius 3 is 2.50 bits per heavy atom. The molecule has 7 heteroatoms. The molecule has 154 valence electrons. The predicted octanol–water partition coefficient (Wildman–Crippen LogP) is 2.85. The van der Waals surface area contributed by atoms with E-state index in [2.05, 4.69) is 43.2 Å². The highest BCUT2D eigenvalue weighted by Gasteiger charge is 2.40. The van der Waals surface area contributed by atoms with Gasteiger partial charge >= 0.3 is 0 Å². The number of rotatable bonds is 8. The second-order valence-corrected chi connectivity index (χ2v) is 10.0. The minimum absolute atomic E-state index is 0.0914. The predicted molar refractivity (Wildman–Crippen MR) is 112 cm³/mol. The van der Waals surface area contributed by atoms with Gasteiger partial charge in [0.25, 0.3) is 10.0 Å². The second kappa shape index (κ2) is 8.76. The Labute approximate surface area is 169 Å². The molecule has 0 saturated carbocycles. The maximum absolute atomic E-state index is 13.1. The van der Waals surface area contributed by atoms with Gasteiger partial charge in [-0.1, -0.05) is 57.5 Å². The molecule has 3 atom stereocenters. The van der Waals surface area contributed by atoms with Crippen LogP contribution in [0.25, 0.3) is 0 Å². The average molecular weight is 405 g/mol. The molecule has 1 unspecified atom stereocenters. The molecule has 0 amide bonds. The van der Waals surface area contributed by atoms with Crippen molar-refractivity contribution in [3.05, 3.63) is 48.4 Å². The van der Waals surface area contributed by atoms with Gasteiger partial charge in [-0.15, -0.1) is 0 Å². The van der Waals surface area contributed by atoms with Crippen LogP contribution in [0, 0.1) is 11.8 Å². The molecule has 0 radical (unpaired) electrons. The molecule has 1 fully saturated rings. The van der Waals surface area contributed by atoms with Gasteiger partial charge in [0.05, 0.1) is 6.33 Å². The Hall–Kier alpha value is -1.70. The normalized spacial score (nSPS) is 22.0. The number of sulfonamides is 1. The number of hydrogen-bond donors (Lipinski definition) is 1. The van der Waals surface area contributed by atoms with Gasteiger partial charge < -0.3 is 9.88 Å². The summed E-state index contributed by atoms with van der Waals surface area (Å²) < 4.78 is 29.4. The monoisotopic (exact) mass is 404 g/mol. The Balaban J connectivity index is 1.82. The third-order valence-corrected chi connectivity index (χ3v) is 7.63. The van der Waals surface area contributed by atoms with Crippen molar-refractivity contribution < 1.29 is 8.42 Å². The first kappa shape index (κ1) is 21.0. The molecule has 0 spiro atoms. The molecular formula is C21H32N4O2S. The molecule has 0 aliphatic carbocycles. The maximum Gasteiger partial charge on any atom is 0.262 e. The van der Waals surface area contributed by atoms with Crippen LogP contribution in [0.1, 0.15) is 38.7 Å². The van der Waals surface area contributed by atoms with E-state index >= 15 is 0 Å². The quantitative estimate of drug-likeness (QED) is 0.735. The molecule has 1 aliphatic rings. The van der Waals surface area contributed by atoms with E-state index in [0.29, 0.717) is 24.9 Å². The summed E-state index contributed by atoms with van der Waals surface area (Å²) in [5.41, 5.74) is 1.18. The zero-order chi connectivity index (χ0) is 20.3. The second-order valence-electron chi connectivity index (χ2n) is 8.14. The van der Waals surface area contributed by atoms with Crippen LogP contribution in [0.2, 0.25) is 0 Å². The first-order valence-electron chi connectivity index (χ1n) is 10.1.